The molecule has 3 N–H and O–H groups in total. The number of hydrogen-bond donors (Lipinski definition) is 3. The van der Waals surface area contributed by atoms with Crippen LogP contribution in [-0.2, 0) is 0 Å². The van der Waals surface area contributed by atoms with Gasteiger partial charge < -0.3 is 20.4 Å². The molecular formula is C12H26N2O2. The SMILES string of the molecule is CC(C)N1CCCC(NC(CO)CO)CC1. The quantitative estimate of drug-likeness (QED) is 0.631. The Kier molecular flexibility index (Phi) is 6.28. The van der Waals surface area contributed by atoms with Gasteiger partial charge in [-0.15, -0.1) is 0 Å². The fourth-order valence-corrected chi connectivity index (χ4v) is 2.30. The molecule has 0 bridgehead atoms. The van der Waals surface area contributed by atoms with Gasteiger partial charge in [0, 0.05) is 12.1 Å². The number of nitrogens with zero attached hydrogens (tertiary/aromatic N) is 1. The second-order valence-corrected chi connectivity index (χ2v) is 4.99. The minimum absolute atomic E-state index is 0.0148. The molecule has 0 saturated carbocycles. The van der Waals surface area contributed by atoms with Crippen LogP contribution < -0.4 is 5.32 Å². The van der Waals surface area contributed by atoms with Gasteiger partial charge in [0.15, 0.2) is 0 Å². The van der Waals surface area contributed by atoms with E-state index in [2.05, 4.69) is 24.1 Å². The Morgan fingerprint density at radius 3 is 2.44 bits per heavy atom. The predicted molar refractivity (Wildman–Crippen MR) is 65.4 cm³/mol. The van der Waals surface area contributed by atoms with E-state index in [1.165, 1.54) is 13.0 Å². The van der Waals surface area contributed by atoms with Crippen molar-refractivity contribution in [1.29, 1.82) is 0 Å². The Morgan fingerprint density at radius 2 is 1.88 bits per heavy atom. The largest absolute Gasteiger partial charge is 0.395 e. The molecule has 96 valence electrons. The fraction of sp³-hybridized carbons (Fsp3) is 1.00. The zero-order valence-electron chi connectivity index (χ0n) is 10.5. The molecule has 1 atom stereocenters. The summed E-state index contributed by atoms with van der Waals surface area (Å²) in [5, 5.41) is 21.4. The number of rotatable bonds is 5. The maximum atomic E-state index is 9.03. The summed E-state index contributed by atoms with van der Waals surface area (Å²) in [6, 6.07) is 0.897. The monoisotopic (exact) mass is 230 g/mol. The Morgan fingerprint density at radius 1 is 1.19 bits per heavy atom. The van der Waals surface area contributed by atoms with Gasteiger partial charge in [-0.1, -0.05) is 0 Å². The van der Waals surface area contributed by atoms with Gasteiger partial charge >= 0.3 is 0 Å². The van der Waals surface area contributed by atoms with E-state index >= 15 is 0 Å². The van der Waals surface area contributed by atoms with Crippen LogP contribution >= 0.6 is 0 Å². The maximum absolute atomic E-state index is 9.03. The molecule has 4 nitrogen and oxygen atoms in total. The van der Waals surface area contributed by atoms with Gasteiger partial charge in [0.2, 0.25) is 0 Å². The highest BCUT2D eigenvalue weighted by Gasteiger charge is 2.20. The van der Waals surface area contributed by atoms with Gasteiger partial charge in [0.1, 0.15) is 0 Å². The normalized spacial score (nSPS) is 24.0. The van der Waals surface area contributed by atoms with Crippen molar-refractivity contribution in [3.8, 4) is 0 Å². The van der Waals surface area contributed by atoms with E-state index in [9.17, 15) is 0 Å². The van der Waals surface area contributed by atoms with Crippen LogP contribution in [0.4, 0.5) is 0 Å². The van der Waals surface area contributed by atoms with E-state index < -0.39 is 0 Å². The van der Waals surface area contributed by atoms with E-state index in [1.54, 1.807) is 0 Å². The highest BCUT2D eigenvalue weighted by Crippen LogP contribution is 2.13. The molecule has 16 heavy (non-hydrogen) atoms. The lowest BCUT2D eigenvalue weighted by Crippen LogP contribution is -2.43. The molecule has 0 aliphatic carbocycles. The van der Waals surface area contributed by atoms with Crippen molar-refractivity contribution in [3.05, 3.63) is 0 Å². The molecule has 1 saturated heterocycles. The van der Waals surface area contributed by atoms with Gasteiger partial charge in [-0.2, -0.15) is 0 Å². The van der Waals surface area contributed by atoms with Gasteiger partial charge in [-0.25, -0.2) is 0 Å². The third-order valence-electron chi connectivity index (χ3n) is 3.41. The van der Waals surface area contributed by atoms with Crippen LogP contribution in [0.25, 0.3) is 0 Å². The summed E-state index contributed by atoms with van der Waals surface area (Å²) < 4.78 is 0. The van der Waals surface area contributed by atoms with Gasteiger partial charge in [-0.3, -0.25) is 0 Å². The predicted octanol–water partition coefficient (Wildman–Crippen LogP) is 0.192. The number of likely N-dealkylation sites (tertiary alicyclic amines) is 1. The van der Waals surface area contributed by atoms with Crippen molar-refractivity contribution in [2.45, 2.75) is 51.2 Å². The smallest absolute Gasteiger partial charge is 0.0607 e. The zero-order chi connectivity index (χ0) is 12.0. The summed E-state index contributed by atoms with van der Waals surface area (Å²) >= 11 is 0. The summed E-state index contributed by atoms with van der Waals surface area (Å²) in [5.41, 5.74) is 0. The Labute approximate surface area is 98.6 Å². The molecule has 1 heterocycles. The van der Waals surface area contributed by atoms with Crippen molar-refractivity contribution >= 4 is 0 Å². The Balaban J connectivity index is 2.35. The lowest BCUT2D eigenvalue weighted by atomic mass is 10.1. The molecule has 0 aromatic rings. The summed E-state index contributed by atoms with van der Waals surface area (Å²) in [7, 11) is 0. The number of nitrogens with one attached hydrogen (secondary N) is 1. The average Bonchev–Trinajstić information content (AvgIpc) is 2.51. The summed E-state index contributed by atoms with van der Waals surface area (Å²) in [5.74, 6) is 0. The van der Waals surface area contributed by atoms with Crippen molar-refractivity contribution < 1.29 is 10.2 Å². The maximum Gasteiger partial charge on any atom is 0.0607 e. The van der Waals surface area contributed by atoms with E-state index in [-0.39, 0.29) is 19.3 Å². The Bertz CT molecular complexity index is 184. The van der Waals surface area contributed by atoms with Crippen LogP contribution in [-0.4, -0.2) is 59.5 Å². The lowest BCUT2D eigenvalue weighted by molar-refractivity contribution is 0.158. The molecule has 0 aromatic carbocycles. The first kappa shape index (κ1) is 13.9. The van der Waals surface area contributed by atoms with E-state index in [0.29, 0.717) is 12.1 Å². The van der Waals surface area contributed by atoms with Gasteiger partial charge in [0.25, 0.3) is 0 Å². The van der Waals surface area contributed by atoms with Crippen LogP contribution in [0.1, 0.15) is 33.1 Å². The third-order valence-corrected chi connectivity index (χ3v) is 3.41. The van der Waals surface area contributed by atoms with Crippen molar-refractivity contribution in [1.82, 2.24) is 10.2 Å². The van der Waals surface area contributed by atoms with Crippen LogP contribution in [0.2, 0.25) is 0 Å². The van der Waals surface area contributed by atoms with Gasteiger partial charge in [-0.05, 0) is 46.2 Å². The van der Waals surface area contributed by atoms with E-state index in [4.69, 9.17) is 10.2 Å². The molecule has 1 fully saturated rings. The number of aliphatic hydroxyl groups is 2. The molecular weight excluding hydrogens is 204 g/mol. The standard InChI is InChI=1S/C12H26N2O2/c1-10(2)14-6-3-4-11(5-7-14)13-12(8-15)9-16/h10-13,15-16H,3-9H2,1-2H3. The second kappa shape index (κ2) is 7.22. The first-order chi connectivity index (χ1) is 7.67. The molecule has 1 aliphatic rings. The first-order valence-electron chi connectivity index (χ1n) is 6.39. The topological polar surface area (TPSA) is 55.7 Å². The summed E-state index contributed by atoms with van der Waals surface area (Å²) in [4.78, 5) is 2.49. The van der Waals surface area contributed by atoms with Crippen LogP contribution in [0.15, 0.2) is 0 Å². The van der Waals surface area contributed by atoms with Crippen molar-refractivity contribution in [2.75, 3.05) is 26.3 Å². The second-order valence-electron chi connectivity index (χ2n) is 4.99. The molecule has 0 aromatic heterocycles. The number of hydrogen-bond acceptors (Lipinski definition) is 4. The summed E-state index contributed by atoms with van der Waals surface area (Å²) in [6.07, 6.45) is 3.44. The molecule has 0 radical (unpaired) electrons. The van der Waals surface area contributed by atoms with Crippen molar-refractivity contribution in [2.24, 2.45) is 0 Å². The van der Waals surface area contributed by atoms with Crippen LogP contribution in [0.5, 0.6) is 0 Å². The van der Waals surface area contributed by atoms with Gasteiger partial charge in [0.05, 0.1) is 19.3 Å². The van der Waals surface area contributed by atoms with Crippen LogP contribution in [0.3, 0.4) is 0 Å². The number of aliphatic hydroxyl groups excluding tert-OH is 2. The molecule has 1 rings (SSSR count). The molecule has 4 heteroatoms. The minimum atomic E-state index is -0.157. The first-order valence-corrected chi connectivity index (χ1v) is 6.39. The zero-order valence-corrected chi connectivity index (χ0v) is 10.5. The fourth-order valence-electron chi connectivity index (χ4n) is 2.30. The highest BCUT2D eigenvalue weighted by molar-refractivity contribution is 4.79. The molecule has 1 unspecified atom stereocenters. The lowest BCUT2D eigenvalue weighted by Gasteiger charge is -2.25. The summed E-state index contributed by atoms with van der Waals surface area (Å²) in [6.45, 7) is 6.77. The van der Waals surface area contributed by atoms with E-state index in [1.807, 2.05) is 0 Å². The molecule has 0 spiro atoms. The van der Waals surface area contributed by atoms with E-state index in [0.717, 1.165) is 19.4 Å². The van der Waals surface area contributed by atoms with Crippen molar-refractivity contribution in [3.63, 3.8) is 0 Å². The molecule has 0 amide bonds. The average molecular weight is 230 g/mol. The molecule has 1 aliphatic heterocycles. The van der Waals surface area contributed by atoms with Crippen LogP contribution in [0, 0.1) is 0 Å². The highest BCUT2D eigenvalue weighted by atomic mass is 16.3. The Hall–Kier alpha value is -0.160. The third kappa shape index (κ3) is 4.37. The minimum Gasteiger partial charge on any atom is -0.395 e.